The molecule has 4 rings (SSSR count). The van der Waals surface area contributed by atoms with Gasteiger partial charge in [0.05, 0.1) is 11.3 Å². The van der Waals surface area contributed by atoms with Crippen LogP contribution in [0.3, 0.4) is 0 Å². The molecule has 0 radical (unpaired) electrons. The van der Waals surface area contributed by atoms with E-state index in [1.807, 2.05) is 66.7 Å². The fourth-order valence-electron chi connectivity index (χ4n) is 3.00. The second-order valence-electron chi connectivity index (χ2n) is 5.65. The maximum Gasteiger partial charge on any atom is 0.263 e. The van der Waals surface area contributed by atoms with Crippen LogP contribution in [-0.4, -0.2) is 11.0 Å². The van der Waals surface area contributed by atoms with E-state index in [4.69, 9.17) is 0 Å². The van der Waals surface area contributed by atoms with Crippen LogP contribution < -0.4 is 4.90 Å². The molecule has 0 aromatic heterocycles. The third kappa shape index (κ3) is 2.36. The highest BCUT2D eigenvalue weighted by Gasteiger charge is 2.32. The minimum Gasteiger partial charge on any atom is -0.508 e. The smallest absolute Gasteiger partial charge is 0.263 e. The number of aromatic hydroxyl groups is 1. The normalized spacial score (nSPS) is 14.9. The number of carbonyl (C=O) groups excluding carboxylic acids is 1. The molecule has 3 aromatic carbocycles. The standard InChI is InChI=1S/C21H15NO2/c23-17-10-6-7-15(13-17)14-19-18-11-4-5-12-20(18)22(21(19)24)16-8-2-1-3-9-16/h1-14,23H/b19-14-. The number of rotatable bonds is 2. The van der Waals surface area contributed by atoms with Crippen molar-refractivity contribution in [3.63, 3.8) is 0 Å². The van der Waals surface area contributed by atoms with E-state index in [2.05, 4.69) is 0 Å². The van der Waals surface area contributed by atoms with E-state index in [1.165, 1.54) is 0 Å². The van der Waals surface area contributed by atoms with Gasteiger partial charge in [-0.15, -0.1) is 0 Å². The number of amides is 1. The van der Waals surface area contributed by atoms with Gasteiger partial charge in [0.2, 0.25) is 0 Å². The van der Waals surface area contributed by atoms with Gasteiger partial charge < -0.3 is 5.11 Å². The maximum atomic E-state index is 13.0. The Balaban J connectivity index is 1.87. The molecule has 24 heavy (non-hydrogen) atoms. The lowest BCUT2D eigenvalue weighted by Crippen LogP contribution is -2.20. The highest BCUT2D eigenvalue weighted by Crippen LogP contribution is 2.42. The first-order chi connectivity index (χ1) is 11.7. The molecule has 0 saturated heterocycles. The molecule has 1 amide bonds. The van der Waals surface area contributed by atoms with Crippen LogP contribution in [-0.2, 0) is 4.79 Å². The lowest BCUT2D eigenvalue weighted by Gasteiger charge is -2.16. The van der Waals surface area contributed by atoms with E-state index < -0.39 is 0 Å². The predicted molar refractivity (Wildman–Crippen MR) is 96.0 cm³/mol. The van der Waals surface area contributed by atoms with Crippen LogP contribution >= 0.6 is 0 Å². The van der Waals surface area contributed by atoms with Crippen molar-refractivity contribution < 1.29 is 9.90 Å². The summed E-state index contributed by atoms with van der Waals surface area (Å²) in [7, 11) is 0. The van der Waals surface area contributed by atoms with E-state index in [1.54, 1.807) is 23.1 Å². The largest absolute Gasteiger partial charge is 0.508 e. The summed E-state index contributed by atoms with van der Waals surface area (Å²) in [4.78, 5) is 14.8. The average molecular weight is 313 g/mol. The number of nitrogens with zero attached hydrogens (tertiary/aromatic N) is 1. The maximum absolute atomic E-state index is 13.0. The van der Waals surface area contributed by atoms with Crippen molar-refractivity contribution in [1.82, 2.24) is 0 Å². The summed E-state index contributed by atoms with van der Waals surface area (Å²) in [6, 6.07) is 24.3. The van der Waals surface area contributed by atoms with Crippen LogP contribution in [0, 0.1) is 0 Å². The van der Waals surface area contributed by atoms with Crippen LogP contribution in [0.1, 0.15) is 11.1 Å². The molecule has 0 atom stereocenters. The van der Waals surface area contributed by atoms with Crippen LogP contribution in [0.2, 0.25) is 0 Å². The van der Waals surface area contributed by atoms with Crippen LogP contribution in [0.4, 0.5) is 11.4 Å². The van der Waals surface area contributed by atoms with Crippen molar-refractivity contribution in [2.45, 2.75) is 0 Å². The lowest BCUT2D eigenvalue weighted by molar-refractivity contribution is -0.112. The number of fused-ring (bicyclic) bond motifs is 1. The molecule has 1 N–H and O–H groups in total. The molecule has 0 bridgehead atoms. The molecule has 1 aliphatic rings. The van der Waals surface area contributed by atoms with Crippen molar-refractivity contribution in [3.8, 4) is 5.75 Å². The number of hydrogen-bond donors (Lipinski definition) is 1. The number of anilines is 2. The summed E-state index contributed by atoms with van der Waals surface area (Å²) in [6.45, 7) is 0. The summed E-state index contributed by atoms with van der Waals surface area (Å²) >= 11 is 0. The molecule has 0 unspecified atom stereocenters. The number of phenols is 1. The van der Waals surface area contributed by atoms with Crippen molar-refractivity contribution >= 4 is 28.9 Å². The van der Waals surface area contributed by atoms with Gasteiger partial charge in [-0.05, 0) is 42.0 Å². The first-order valence-corrected chi connectivity index (χ1v) is 7.74. The van der Waals surface area contributed by atoms with Crippen LogP contribution in [0.25, 0.3) is 11.6 Å². The van der Waals surface area contributed by atoms with E-state index >= 15 is 0 Å². The minimum absolute atomic E-state index is 0.0641. The zero-order valence-corrected chi connectivity index (χ0v) is 12.9. The van der Waals surface area contributed by atoms with Gasteiger partial charge in [-0.1, -0.05) is 48.5 Å². The third-order valence-corrected chi connectivity index (χ3v) is 4.06. The van der Waals surface area contributed by atoms with Gasteiger partial charge >= 0.3 is 0 Å². The Hall–Kier alpha value is -3.33. The van der Waals surface area contributed by atoms with E-state index in [-0.39, 0.29) is 11.7 Å². The van der Waals surface area contributed by atoms with Gasteiger partial charge in [-0.2, -0.15) is 0 Å². The number of para-hydroxylation sites is 2. The van der Waals surface area contributed by atoms with Crippen molar-refractivity contribution in [2.24, 2.45) is 0 Å². The van der Waals surface area contributed by atoms with E-state index in [0.29, 0.717) is 5.57 Å². The van der Waals surface area contributed by atoms with Gasteiger partial charge in [0.1, 0.15) is 5.75 Å². The average Bonchev–Trinajstić information content (AvgIpc) is 2.88. The van der Waals surface area contributed by atoms with E-state index in [9.17, 15) is 9.90 Å². The van der Waals surface area contributed by atoms with Crippen LogP contribution in [0.5, 0.6) is 5.75 Å². The lowest BCUT2D eigenvalue weighted by atomic mass is 10.0. The Morgan fingerprint density at radius 3 is 2.38 bits per heavy atom. The Labute approximate surface area is 140 Å². The molecular weight excluding hydrogens is 298 g/mol. The predicted octanol–water partition coefficient (Wildman–Crippen LogP) is 4.61. The van der Waals surface area contributed by atoms with Crippen LogP contribution in [0.15, 0.2) is 78.9 Å². The SMILES string of the molecule is O=C1/C(=C\c2cccc(O)c2)c2ccccc2N1c1ccccc1. The molecule has 3 nitrogen and oxygen atoms in total. The Morgan fingerprint density at radius 1 is 0.833 bits per heavy atom. The molecule has 0 spiro atoms. The fourth-order valence-corrected chi connectivity index (χ4v) is 3.00. The zero-order valence-electron chi connectivity index (χ0n) is 12.9. The van der Waals surface area contributed by atoms with Crippen molar-refractivity contribution in [1.29, 1.82) is 0 Å². The monoisotopic (exact) mass is 313 g/mol. The summed E-state index contributed by atoms with van der Waals surface area (Å²) in [6.07, 6.45) is 1.82. The number of phenolic OH excluding ortho intramolecular Hbond substituents is 1. The number of benzene rings is 3. The Morgan fingerprint density at radius 2 is 1.58 bits per heavy atom. The molecule has 3 aromatic rings. The van der Waals surface area contributed by atoms with Gasteiger partial charge in [0, 0.05) is 11.3 Å². The first kappa shape index (κ1) is 14.3. The summed E-state index contributed by atoms with van der Waals surface area (Å²) in [5.41, 5.74) is 4.03. The summed E-state index contributed by atoms with van der Waals surface area (Å²) < 4.78 is 0. The van der Waals surface area contributed by atoms with Gasteiger partial charge in [0.25, 0.3) is 5.91 Å². The summed E-state index contributed by atoms with van der Waals surface area (Å²) in [5, 5.41) is 9.65. The third-order valence-electron chi connectivity index (χ3n) is 4.06. The fraction of sp³-hybridized carbons (Fsp3) is 0. The van der Waals surface area contributed by atoms with Crippen molar-refractivity contribution in [3.05, 3.63) is 90.0 Å². The molecule has 0 aliphatic carbocycles. The van der Waals surface area contributed by atoms with Gasteiger partial charge in [-0.25, -0.2) is 0 Å². The zero-order chi connectivity index (χ0) is 16.5. The minimum atomic E-state index is -0.0641. The molecule has 0 fully saturated rings. The number of hydrogen-bond acceptors (Lipinski definition) is 2. The highest BCUT2D eigenvalue weighted by molar-refractivity contribution is 6.37. The van der Waals surface area contributed by atoms with Gasteiger partial charge in [-0.3, -0.25) is 9.69 Å². The quantitative estimate of drug-likeness (QED) is 0.702. The molecule has 0 saturated carbocycles. The van der Waals surface area contributed by atoms with E-state index in [0.717, 1.165) is 22.5 Å². The molecule has 1 heterocycles. The Bertz CT molecular complexity index is 945. The molecule has 1 aliphatic heterocycles. The topological polar surface area (TPSA) is 40.5 Å². The highest BCUT2D eigenvalue weighted by atomic mass is 16.3. The molecular formula is C21H15NO2. The van der Waals surface area contributed by atoms with Crippen molar-refractivity contribution in [2.75, 3.05) is 4.90 Å². The molecule has 3 heteroatoms. The molecule has 116 valence electrons. The second kappa shape index (κ2) is 5.70. The van der Waals surface area contributed by atoms with Gasteiger partial charge in [0.15, 0.2) is 0 Å². The summed E-state index contributed by atoms with van der Waals surface area (Å²) in [5.74, 6) is 0.119. The number of carbonyl (C=O) groups is 1. The Kier molecular flexibility index (Phi) is 3.39. The first-order valence-electron chi connectivity index (χ1n) is 7.74. The second-order valence-corrected chi connectivity index (χ2v) is 5.65.